The second kappa shape index (κ2) is 11.4. The SMILES string of the molecule is CCCCOc1ccc(C2/C(=C(\O)c3nc4c(C)cccn4c3C)C(=O)C(=O)N2c2nc(C)c(C(C)=O)s2)cc1OC. The van der Waals surface area contributed by atoms with Crippen LogP contribution < -0.4 is 14.4 Å². The monoisotopic (exact) mass is 588 g/mol. The molecule has 1 fully saturated rings. The molecule has 11 heteroatoms. The van der Waals surface area contributed by atoms with Crippen molar-refractivity contribution in [3.63, 3.8) is 0 Å². The predicted octanol–water partition coefficient (Wildman–Crippen LogP) is 5.73. The zero-order valence-corrected chi connectivity index (χ0v) is 25.2. The first-order valence-corrected chi connectivity index (χ1v) is 14.4. The van der Waals surface area contributed by atoms with E-state index in [0.717, 1.165) is 29.7 Å². The fraction of sp³-hybridized carbons (Fsp3) is 0.323. The molecule has 1 unspecified atom stereocenters. The minimum Gasteiger partial charge on any atom is -0.505 e. The number of hydrogen-bond donors (Lipinski definition) is 1. The van der Waals surface area contributed by atoms with Gasteiger partial charge in [-0.2, -0.15) is 0 Å². The number of aliphatic hydroxyl groups excluding tert-OH is 1. The standard InChI is InChI=1S/C31H32N4O6S/c1-7-8-14-41-21-12-11-20(15-22(21)40-6)25-23(26(37)24-18(4)34-13-9-10-16(2)29(34)33-24)27(38)30(39)35(25)31-32-17(3)28(42-31)19(5)36/h9-13,15,25,37H,7-8,14H2,1-6H3/b26-23+. The maximum atomic E-state index is 13.7. The number of imidazole rings is 1. The van der Waals surface area contributed by atoms with Gasteiger partial charge >= 0.3 is 5.91 Å². The van der Waals surface area contributed by atoms with Crippen LogP contribution in [-0.4, -0.2) is 50.7 Å². The van der Waals surface area contributed by atoms with Gasteiger partial charge in [-0.25, -0.2) is 9.97 Å². The predicted molar refractivity (Wildman–Crippen MR) is 160 cm³/mol. The van der Waals surface area contributed by atoms with Crippen LogP contribution >= 0.6 is 11.3 Å². The highest BCUT2D eigenvalue weighted by atomic mass is 32.1. The zero-order chi connectivity index (χ0) is 30.3. The highest BCUT2D eigenvalue weighted by molar-refractivity contribution is 7.18. The number of hydrogen-bond acceptors (Lipinski definition) is 9. The molecule has 4 aromatic rings. The Morgan fingerprint density at radius 2 is 1.88 bits per heavy atom. The van der Waals surface area contributed by atoms with Crippen molar-refractivity contribution < 1.29 is 29.0 Å². The van der Waals surface area contributed by atoms with Crippen molar-refractivity contribution in [3.05, 3.63) is 75.2 Å². The third-order valence-corrected chi connectivity index (χ3v) is 8.58. The van der Waals surface area contributed by atoms with Crippen LogP contribution in [0.4, 0.5) is 5.13 Å². The van der Waals surface area contributed by atoms with Crippen LogP contribution in [0, 0.1) is 20.8 Å². The number of aromatic nitrogens is 3. The summed E-state index contributed by atoms with van der Waals surface area (Å²) < 4.78 is 13.3. The molecule has 1 atom stereocenters. The maximum absolute atomic E-state index is 13.7. The molecule has 1 N–H and O–H groups in total. The molecule has 3 aromatic heterocycles. The first kappa shape index (κ1) is 29.0. The van der Waals surface area contributed by atoms with Crippen molar-refractivity contribution in [3.8, 4) is 11.5 Å². The van der Waals surface area contributed by atoms with Gasteiger partial charge in [0.2, 0.25) is 0 Å². The van der Waals surface area contributed by atoms with Crippen LogP contribution in [0.25, 0.3) is 11.4 Å². The Balaban J connectivity index is 1.73. The fourth-order valence-electron chi connectivity index (χ4n) is 5.13. The third-order valence-electron chi connectivity index (χ3n) is 7.32. The number of fused-ring (bicyclic) bond motifs is 1. The number of aliphatic hydroxyl groups is 1. The smallest absolute Gasteiger partial charge is 0.301 e. The van der Waals surface area contributed by atoms with Gasteiger partial charge in [-0.3, -0.25) is 19.3 Å². The van der Waals surface area contributed by atoms with E-state index in [1.807, 2.05) is 29.7 Å². The Morgan fingerprint density at radius 3 is 2.52 bits per heavy atom. The number of ether oxygens (including phenoxy) is 2. The van der Waals surface area contributed by atoms with Gasteiger partial charge in [0.15, 0.2) is 28.2 Å². The molecule has 0 saturated carbocycles. The average molecular weight is 589 g/mol. The summed E-state index contributed by atoms with van der Waals surface area (Å²) in [5, 5.41) is 11.9. The number of methoxy groups -OCH3 is 1. The summed E-state index contributed by atoms with van der Waals surface area (Å²) in [6, 6.07) is 7.83. The first-order valence-electron chi connectivity index (χ1n) is 13.6. The highest BCUT2D eigenvalue weighted by Gasteiger charge is 2.49. The van der Waals surface area contributed by atoms with Gasteiger partial charge in [0.1, 0.15) is 11.3 Å². The van der Waals surface area contributed by atoms with Gasteiger partial charge in [0.25, 0.3) is 5.78 Å². The molecule has 1 aliphatic rings. The van der Waals surface area contributed by atoms with E-state index < -0.39 is 23.5 Å². The molecule has 1 aliphatic heterocycles. The average Bonchev–Trinajstić information content (AvgIpc) is 3.60. The quantitative estimate of drug-likeness (QED) is 0.0864. The molecule has 10 nitrogen and oxygen atoms in total. The summed E-state index contributed by atoms with van der Waals surface area (Å²) in [5.74, 6) is -1.43. The summed E-state index contributed by atoms with van der Waals surface area (Å²) in [7, 11) is 1.51. The van der Waals surface area contributed by atoms with Crippen LogP contribution in [0.2, 0.25) is 0 Å². The summed E-state index contributed by atoms with van der Waals surface area (Å²) in [6.45, 7) is 9.36. The summed E-state index contributed by atoms with van der Waals surface area (Å²) in [4.78, 5) is 50.4. The largest absolute Gasteiger partial charge is 0.505 e. The topological polar surface area (TPSA) is 123 Å². The minimum absolute atomic E-state index is 0.136. The second-order valence-corrected chi connectivity index (χ2v) is 11.2. The Kier molecular flexibility index (Phi) is 7.87. The number of unbranched alkanes of at least 4 members (excludes halogenated alkanes) is 1. The third kappa shape index (κ3) is 4.83. The van der Waals surface area contributed by atoms with Gasteiger partial charge in [-0.1, -0.05) is 36.8 Å². The Labute approximate surface area is 247 Å². The van der Waals surface area contributed by atoms with Crippen LogP contribution in [0.1, 0.15) is 70.6 Å². The zero-order valence-electron chi connectivity index (χ0n) is 24.3. The van der Waals surface area contributed by atoms with E-state index in [0.29, 0.717) is 45.6 Å². The highest BCUT2D eigenvalue weighted by Crippen LogP contribution is 2.45. The molecule has 1 saturated heterocycles. The lowest BCUT2D eigenvalue weighted by Gasteiger charge is -2.24. The number of ketones is 2. The molecule has 0 bridgehead atoms. The molecular formula is C31H32N4O6S. The summed E-state index contributed by atoms with van der Waals surface area (Å²) in [5.41, 5.74) is 3.12. The van der Waals surface area contributed by atoms with E-state index in [1.54, 1.807) is 32.0 Å². The van der Waals surface area contributed by atoms with E-state index in [-0.39, 0.29) is 22.2 Å². The molecule has 218 valence electrons. The number of anilines is 1. The normalized spacial score (nSPS) is 16.4. The van der Waals surface area contributed by atoms with E-state index >= 15 is 0 Å². The molecule has 1 aromatic carbocycles. The number of Topliss-reactive ketones (excluding diaryl/α,β-unsaturated/α-hetero) is 2. The number of thiazole rings is 1. The molecule has 4 heterocycles. The Morgan fingerprint density at radius 1 is 1.12 bits per heavy atom. The van der Waals surface area contributed by atoms with Gasteiger partial charge in [-0.05, 0) is 56.5 Å². The minimum atomic E-state index is -1.07. The number of carbonyl (C=O) groups is 3. The van der Waals surface area contributed by atoms with Crippen LogP contribution in [0.3, 0.4) is 0 Å². The van der Waals surface area contributed by atoms with Crippen molar-refractivity contribution in [2.24, 2.45) is 0 Å². The molecule has 0 aliphatic carbocycles. The molecular weight excluding hydrogens is 556 g/mol. The van der Waals surface area contributed by atoms with E-state index in [4.69, 9.17) is 9.47 Å². The summed E-state index contributed by atoms with van der Waals surface area (Å²) >= 11 is 1.03. The van der Waals surface area contributed by atoms with Gasteiger partial charge in [0, 0.05) is 13.1 Å². The first-order chi connectivity index (χ1) is 20.1. The molecule has 0 radical (unpaired) electrons. The van der Waals surface area contributed by atoms with E-state index in [9.17, 15) is 19.5 Å². The number of amides is 1. The lowest BCUT2D eigenvalue weighted by molar-refractivity contribution is -0.132. The fourth-order valence-corrected chi connectivity index (χ4v) is 6.12. The number of benzene rings is 1. The number of nitrogens with zero attached hydrogens (tertiary/aromatic N) is 4. The molecule has 1 amide bonds. The van der Waals surface area contributed by atoms with Gasteiger partial charge < -0.3 is 19.0 Å². The lowest BCUT2D eigenvalue weighted by atomic mass is 9.96. The number of rotatable bonds is 9. The van der Waals surface area contributed by atoms with Crippen LogP contribution in [0.15, 0.2) is 42.1 Å². The molecule has 42 heavy (non-hydrogen) atoms. The van der Waals surface area contributed by atoms with E-state index in [2.05, 4.69) is 16.9 Å². The Bertz CT molecular complexity index is 1770. The summed E-state index contributed by atoms with van der Waals surface area (Å²) in [6.07, 6.45) is 3.65. The van der Waals surface area contributed by atoms with E-state index in [1.165, 1.54) is 18.9 Å². The van der Waals surface area contributed by atoms with Crippen LogP contribution in [-0.2, 0) is 9.59 Å². The molecule has 5 rings (SSSR count). The Hall–Kier alpha value is -4.51. The lowest BCUT2D eigenvalue weighted by Crippen LogP contribution is -2.29. The van der Waals surface area contributed by atoms with Gasteiger partial charge in [0.05, 0.1) is 41.6 Å². The second-order valence-electron chi connectivity index (χ2n) is 10.2. The number of carbonyl (C=O) groups excluding carboxylic acids is 3. The van der Waals surface area contributed by atoms with Crippen molar-refractivity contribution >= 4 is 45.3 Å². The van der Waals surface area contributed by atoms with Gasteiger partial charge in [-0.15, -0.1) is 0 Å². The van der Waals surface area contributed by atoms with Crippen molar-refractivity contribution in [1.82, 2.24) is 14.4 Å². The van der Waals surface area contributed by atoms with Crippen molar-refractivity contribution in [1.29, 1.82) is 0 Å². The van der Waals surface area contributed by atoms with Crippen molar-refractivity contribution in [2.75, 3.05) is 18.6 Å². The maximum Gasteiger partial charge on any atom is 0.301 e. The van der Waals surface area contributed by atoms with Crippen LogP contribution in [0.5, 0.6) is 11.5 Å². The van der Waals surface area contributed by atoms with Crippen molar-refractivity contribution in [2.45, 2.75) is 53.5 Å². The number of pyridine rings is 1. The molecule has 0 spiro atoms. The number of aryl methyl sites for hydroxylation is 3.